The third-order valence-corrected chi connectivity index (χ3v) is 13.2. The number of alkyl halides is 2. The molecule has 0 aliphatic heterocycles. The van der Waals surface area contributed by atoms with E-state index in [0.717, 1.165) is 59.5 Å². The smallest absolute Gasteiger partial charge is 0.145 e. The van der Waals surface area contributed by atoms with E-state index in [-0.39, 0.29) is 29.3 Å². The van der Waals surface area contributed by atoms with Crippen molar-refractivity contribution < 1.29 is 43.4 Å². The second-order valence-corrected chi connectivity index (χ2v) is 20.2. The van der Waals surface area contributed by atoms with Gasteiger partial charge in [-0.2, -0.15) is 0 Å². The number of aliphatic hydroxyl groups excluding tert-OH is 2. The second kappa shape index (κ2) is 36.1. The maximum Gasteiger partial charge on any atom is 0.145 e. The third-order valence-electron chi connectivity index (χ3n) is 7.34. The van der Waals surface area contributed by atoms with Gasteiger partial charge in [-0.05, 0) is 86.7 Å². The molecular weight excluding hydrogens is 852 g/mol. The fraction of sp³-hybridized carbons (Fsp3) is 0.675. The van der Waals surface area contributed by atoms with Crippen molar-refractivity contribution in [2.45, 2.75) is 62.2 Å². The van der Waals surface area contributed by atoms with Crippen molar-refractivity contribution in [3.8, 4) is 0 Å². The normalized spacial score (nSPS) is 11.4. The van der Waals surface area contributed by atoms with Crippen LogP contribution in [0, 0.1) is 0 Å². The van der Waals surface area contributed by atoms with Crippen LogP contribution in [0.4, 0.5) is 11.4 Å². The van der Waals surface area contributed by atoms with E-state index in [4.69, 9.17) is 51.6 Å². The van der Waals surface area contributed by atoms with Crippen LogP contribution in [0.3, 0.4) is 0 Å². The number of nitrogens with zero attached hydrogens (tertiary/aromatic N) is 1. The molecule has 0 saturated heterocycles. The fourth-order valence-electron chi connectivity index (χ4n) is 4.84. The first-order valence-electron chi connectivity index (χ1n) is 18.6. The number of benzene rings is 2. The molecule has 0 atom stereocenters. The van der Waals surface area contributed by atoms with Crippen LogP contribution in [-0.2, 0) is 58.2 Å². The molecule has 0 heterocycles. The van der Waals surface area contributed by atoms with Gasteiger partial charge in [0.1, 0.15) is 12.9 Å². The Hall–Kier alpha value is -0.630. The maximum atomic E-state index is 9.75. The van der Waals surface area contributed by atoms with Gasteiger partial charge in [-0.25, -0.2) is 0 Å². The van der Waals surface area contributed by atoms with Gasteiger partial charge in [-0.15, -0.1) is 23.2 Å². The Labute approximate surface area is 368 Å². The third kappa shape index (κ3) is 30.1. The van der Waals surface area contributed by atoms with Crippen LogP contribution in [0.1, 0.15) is 49.9 Å². The maximum absolute atomic E-state index is 9.75. The van der Waals surface area contributed by atoms with Crippen LogP contribution in [0.5, 0.6) is 0 Å². The average molecular weight is 920 g/mol. The molecule has 3 N–H and O–H groups in total. The quantitative estimate of drug-likeness (QED) is 0.0291. The molecule has 0 spiro atoms. The molecule has 0 radical (unpaired) electrons. The molecule has 57 heavy (non-hydrogen) atoms. The van der Waals surface area contributed by atoms with Gasteiger partial charge >= 0.3 is 0 Å². The van der Waals surface area contributed by atoms with Crippen molar-refractivity contribution in [2.24, 2.45) is 0 Å². The zero-order valence-corrected chi connectivity index (χ0v) is 39.9. The van der Waals surface area contributed by atoms with Gasteiger partial charge in [0, 0.05) is 66.5 Å². The molecule has 11 nitrogen and oxygen atoms in total. The van der Waals surface area contributed by atoms with Crippen molar-refractivity contribution in [3.63, 3.8) is 0 Å². The van der Waals surface area contributed by atoms with Crippen molar-refractivity contribution in [3.05, 3.63) is 58.7 Å². The Bertz CT molecular complexity index is 1250. The Balaban J connectivity index is 0.000000921. The number of carbonyl (C=O) groups is 1. The summed E-state index contributed by atoms with van der Waals surface area (Å²) in [5.74, 6) is 0.887. The Morgan fingerprint density at radius 2 is 1.12 bits per heavy atom. The van der Waals surface area contributed by atoms with Crippen LogP contribution < -0.4 is 10.2 Å². The van der Waals surface area contributed by atoms with Gasteiger partial charge < -0.3 is 53.6 Å². The van der Waals surface area contributed by atoms with Crippen LogP contribution in [0.25, 0.3) is 0 Å². The Kier molecular flexibility index (Phi) is 35.7. The molecule has 0 aromatic heterocycles. The molecule has 0 saturated carbocycles. The number of hydrogen-bond acceptors (Lipinski definition) is 15. The summed E-state index contributed by atoms with van der Waals surface area (Å²) in [6.07, 6.45) is 4.90. The fourth-order valence-corrected chi connectivity index (χ4v) is 9.43. The lowest BCUT2D eigenvalue weighted by Crippen LogP contribution is -2.38. The minimum absolute atomic E-state index is 0.00381. The largest absolute Gasteiger partial charge is 0.392 e. The zero-order chi connectivity index (χ0) is 42.8. The molecule has 0 bridgehead atoms. The second-order valence-electron chi connectivity index (χ2n) is 13.5. The van der Waals surface area contributed by atoms with E-state index < -0.39 is 0 Å². The number of nitrogens with one attached hydrogen (secondary N) is 1. The molecule has 2 aromatic carbocycles. The summed E-state index contributed by atoms with van der Waals surface area (Å²) in [7, 11) is 10.5. The monoisotopic (exact) mass is 918 g/mol. The summed E-state index contributed by atoms with van der Waals surface area (Å²) in [6, 6.07) is 12.0. The summed E-state index contributed by atoms with van der Waals surface area (Å²) >= 11 is 11.9. The first kappa shape index (κ1) is 56.4. The van der Waals surface area contributed by atoms with E-state index >= 15 is 0 Å². The molecule has 0 aliphatic rings. The summed E-state index contributed by atoms with van der Waals surface area (Å²) in [5.41, 5.74) is 5.90. The summed E-state index contributed by atoms with van der Waals surface area (Å²) < 4.78 is 31.0. The lowest BCUT2D eigenvalue weighted by Gasteiger charge is -2.33. The van der Waals surface area contributed by atoms with E-state index in [2.05, 4.69) is 56.5 Å². The standard InChI is InChI=1S/C20H34ClNO4S2.C13H20ClNOS2.C7H14O4/c1-20(2,28-27-4)16-22(5-6-25-9-10-26-8-7-24-3)19-12-17(14-21)11-18(13-19)15-23;1-13(2,18-17-3)9-15-12-5-10(7-14)4-11(6-12)8-16;1-9-4-5-11-7-6-10-3-2-8/h11-13,23H,5-10,14-16H2,1-4H3;4-6,15-16H,7-9H2,1-3H3;2H,3-7H2,1H3. The van der Waals surface area contributed by atoms with Gasteiger partial charge in [0.2, 0.25) is 0 Å². The summed E-state index contributed by atoms with van der Waals surface area (Å²) in [6.45, 7) is 16.6. The molecule has 330 valence electrons. The molecule has 17 heteroatoms. The number of hydrogen-bond donors (Lipinski definition) is 3. The van der Waals surface area contributed by atoms with Crippen molar-refractivity contribution in [2.75, 3.05) is 123 Å². The first-order valence-corrected chi connectivity index (χ1v) is 24.8. The molecule has 2 rings (SSSR count). The molecule has 0 aliphatic carbocycles. The highest BCUT2D eigenvalue weighted by atomic mass is 35.5. The SMILES string of the molecule is COCCOCCOCC=O.COCCOCCOCCN(CC(C)(C)SSC)c1cc(CO)cc(CCl)c1.CSSC(C)(C)CNc1cc(CO)cc(CCl)c1. The Morgan fingerprint density at radius 3 is 1.63 bits per heavy atom. The zero-order valence-electron chi connectivity index (χ0n) is 35.2. The van der Waals surface area contributed by atoms with Crippen molar-refractivity contribution in [1.29, 1.82) is 0 Å². The average Bonchev–Trinajstić information content (AvgIpc) is 3.20. The van der Waals surface area contributed by atoms with Crippen LogP contribution in [0.2, 0.25) is 0 Å². The molecular formula is C40H68Cl2N2O9S4. The predicted molar refractivity (Wildman–Crippen MR) is 248 cm³/mol. The number of carbonyl (C=O) groups excluding carboxylic acids is 1. The summed E-state index contributed by atoms with van der Waals surface area (Å²) in [4.78, 5) is 12.1. The van der Waals surface area contributed by atoms with Gasteiger partial charge in [0.05, 0.1) is 72.7 Å². The molecule has 0 amide bonds. The lowest BCUT2D eigenvalue weighted by atomic mass is 10.1. The van der Waals surface area contributed by atoms with E-state index in [1.165, 1.54) is 0 Å². The van der Waals surface area contributed by atoms with Crippen LogP contribution in [-0.4, -0.2) is 138 Å². The topological polar surface area (TPSA) is 128 Å². The van der Waals surface area contributed by atoms with Crippen molar-refractivity contribution >= 4 is 84.0 Å². The Morgan fingerprint density at radius 1 is 0.667 bits per heavy atom. The predicted octanol–water partition coefficient (Wildman–Crippen LogP) is 8.18. The number of ether oxygens (including phenoxy) is 6. The van der Waals surface area contributed by atoms with Gasteiger partial charge in [0.15, 0.2) is 0 Å². The minimum Gasteiger partial charge on any atom is -0.392 e. The van der Waals surface area contributed by atoms with Gasteiger partial charge in [0.25, 0.3) is 0 Å². The highest BCUT2D eigenvalue weighted by molar-refractivity contribution is 8.77. The van der Waals surface area contributed by atoms with Gasteiger partial charge in [-0.3, -0.25) is 0 Å². The number of aliphatic hydroxyl groups is 2. The van der Waals surface area contributed by atoms with E-state index in [0.29, 0.717) is 71.2 Å². The molecule has 0 unspecified atom stereocenters. The van der Waals surface area contributed by atoms with Crippen LogP contribution in [0.15, 0.2) is 36.4 Å². The molecule has 0 fully saturated rings. The number of anilines is 2. The minimum atomic E-state index is 0.00381. The highest BCUT2D eigenvalue weighted by Gasteiger charge is 2.23. The number of aldehydes is 1. The highest BCUT2D eigenvalue weighted by Crippen LogP contribution is 2.36. The molecule has 2 aromatic rings. The van der Waals surface area contributed by atoms with Gasteiger partial charge in [-0.1, -0.05) is 55.3 Å². The van der Waals surface area contributed by atoms with Crippen LogP contribution >= 0.6 is 66.4 Å². The van der Waals surface area contributed by atoms with E-state index in [1.54, 1.807) is 35.8 Å². The summed E-state index contributed by atoms with van der Waals surface area (Å²) in [5, 5.41) is 22.2. The number of halogens is 2. The van der Waals surface area contributed by atoms with E-state index in [1.807, 2.05) is 51.9 Å². The first-order chi connectivity index (χ1) is 27.4. The number of rotatable bonds is 31. The number of methoxy groups -OCH3 is 2. The van der Waals surface area contributed by atoms with E-state index in [9.17, 15) is 15.0 Å². The van der Waals surface area contributed by atoms with Crippen molar-refractivity contribution in [1.82, 2.24) is 0 Å². The lowest BCUT2D eigenvalue weighted by molar-refractivity contribution is -0.112.